The highest BCUT2D eigenvalue weighted by atomic mass is 32.2. The number of anilines is 1. The lowest BCUT2D eigenvalue weighted by Gasteiger charge is -2.34. The van der Waals surface area contributed by atoms with Gasteiger partial charge in [0.05, 0.1) is 0 Å². The van der Waals surface area contributed by atoms with Gasteiger partial charge >= 0.3 is 6.18 Å². The van der Waals surface area contributed by atoms with E-state index in [2.05, 4.69) is 6.58 Å². The molecule has 0 bridgehead atoms. The van der Waals surface area contributed by atoms with Crippen LogP contribution in [0.15, 0.2) is 30.9 Å². The Balaban J connectivity index is 1.81. The van der Waals surface area contributed by atoms with Crippen molar-refractivity contribution in [2.24, 2.45) is 0 Å². The summed E-state index contributed by atoms with van der Waals surface area (Å²) in [5.41, 5.74) is 1.96. The van der Waals surface area contributed by atoms with Crippen molar-refractivity contribution in [3.8, 4) is 0 Å². The van der Waals surface area contributed by atoms with Gasteiger partial charge in [0.25, 0.3) is 5.91 Å². The van der Waals surface area contributed by atoms with Gasteiger partial charge in [-0.05, 0) is 42.7 Å². The number of alkyl halides is 3. The maximum Gasteiger partial charge on any atom is 0.402 e. The van der Waals surface area contributed by atoms with Crippen LogP contribution in [0.4, 0.5) is 18.9 Å². The third kappa shape index (κ3) is 3.75. The maximum atomic E-state index is 13.0. The van der Waals surface area contributed by atoms with Crippen molar-refractivity contribution in [2.75, 3.05) is 30.3 Å². The van der Waals surface area contributed by atoms with Gasteiger partial charge in [0.2, 0.25) is 5.91 Å². The first kappa shape index (κ1) is 18.8. The lowest BCUT2D eigenvalue weighted by atomic mass is 9.98. The minimum Gasteiger partial charge on any atom is -0.336 e. The number of amides is 2. The van der Waals surface area contributed by atoms with Crippen molar-refractivity contribution >= 4 is 29.3 Å². The van der Waals surface area contributed by atoms with Gasteiger partial charge in [-0.25, -0.2) is 0 Å². The molecule has 1 aromatic carbocycles. The van der Waals surface area contributed by atoms with Crippen molar-refractivity contribution in [1.29, 1.82) is 0 Å². The summed E-state index contributed by atoms with van der Waals surface area (Å²) in [5.74, 6) is -0.330. The molecule has 1 fully saturated rings. The SMILES string of the molecule is C=CC(=O)N1CCCc2cc(C(=O)N3CCSC(C(F)(F)F)C3)ccc21. The molecule has 0 radical (unpaired) electrons. The van der Waals surface area contributed by atoms with E-state index in [0.29, 0.717) is 18.7 Å². The second kappa shape index (κ2) is 7.34. The van der Waals surface area contributed by atoms with Crippen molar-refractivity contribution in [1.82, 2.24) is 4.90 Å². The van der Waals surface area contributed by atoms with Gasteiger partial charge in [-0.1, -0.05) is 6.58 Å². The van der Waals surface area contributed by atoms with Gasteiger partial charge in [0, 0.05) is 36.6 Å². The molecule has 3 rings (SSSR count). The second-order valence-corrected chi connectivity index (χ2v) is 7.60. The molecule has 2 aliphatic rings. The first-order chi connectivity index (χ1) is 12.3. The molecule has 2 heterocycles. The number of fused-ring (bicyclic) bond motifs is 1. The van der Waals surface area contributed by atoms with Gasteiger partial charge in [-0.15, -0.1) is 11.8 Å². The summed E-state index contributed by atoms with van der Waals surface area (Å²) in [7, 11) is 0. The van der Waals surface area contributed by atoms with E-state index in [0.717, 1.165) is 35.9 Å². The number of hydrogen-bond acceptors (Lipinski definition) is 3. The molecule has 0 aliphatic carbocycles. The smallest absolute Gasteiger partial charge is 0.336 e. The summed E-state index contributed by atoms with van der Waals surface area (Å²) < 4.78 is 38.9. The van der Waals surface area contributed by atoms with Crippen molar-refractivity contribution < 1.29 is 22.8 Å². The monoisotopic (exact) mass is 384 g/mol. The molecule has 0 spiro atoms. The highest BCUT2D eigenvalue weighted by Crippen LogP contribution is 2.34. The third-order valence-electron chi connectivity index (χ3n) is 4.60. The normalized spacial score (nSPS) is 20.5. The molecule has 0 saturated carbocycles. The van der Waals surface area contributed by atoms with Gasteiger partial charge < -0.3 is 9.80 Å². The van der Waals surface area contributed by atoms with E-state index in [1.807, 2.05) is 0 Å². The summed E-state index contributed by atoms with van der Waals surface area (Å²) in [6.45, 7) is 4.05. The fourth-order valence-electron chi connectivity index (χ4n) is 3.28. The molecule has 4 nitrogen and oxygen atoms in total. The van der Waals surface area contributed by atoms with Gasteiger partial charge in [0.15, 0.2) is 0 Å². The van der Waals surface area contributed by atoms with Crippen molar-refractivity contribution in [3.63, 3.8) is 0 Å². The Morgan fingerprint density at radius 3 is 2.73 bits per heavy atom. The van der Waals surface area contributed by atoms with Gasteiger partial charge in [-0.3, -0.25) is 9.59 Å². The predicted molar refractivity (Wildman–Crippen MR) is 95.5 cm³/mol. The number of hydrogen-bond donors (Lipinski definition) is 0. The summed E-state index contributed by atoms with van der Waals surface area (Å²) in [5, 5.41) is -1.54. The number of carbonyl (C=O) groups excluding carboxylic acids is 2. The average Bonchev–Trinajstić information content (AvgIpc) is 2.65. The molecule has 1 unspecified atom stereocenters. The molecule has 26 heavy (non-hydrogen) atoms. The third-order valence-corrected chi connectivity index (χ3v) is 5.84. The second-order valence-electron chi connectivity index (χ2n) is 6.29. The molecular formula is C18H19F3N2O2S. The lowest BCUT2D eigenvalue weighted by molar-refractivity contribution is -0.131. The van der Waals surface area contributed by atoms with Crippen LogP contribution in [0.2, 0.25) is 0 Å². The minimum absolute atomic E-state index is 0.203. The molecule has 0 aromatic heterocycles. The fourth-order valence-corrected chi connectivity index (χ4v) is 4.37. The Morgan fingerprint density at radius 2 is 2.04 bits per heavy atom. The molecule has 8 heteroatoms. The van der Waals surface area contributed by atoms with E-state index in [-0.39, 0.29) is 18.2 Å². The zero-order valence-electron chi connectivity index (χ0n) is 14.1. The van der Waals surface area contributed by atoms with E-state index in [4.69, 9.17) is 0 Å². The zero-order valence-corrected chi connectivity index (χ0v) is 14.9. The van der Waals surface area contributed by atoms with Gasteiger partial charge in [0.1, 0.15) is 5.25 Å². The summed E-state index contributed by atoms with van der Waals surface area (Å²) in [6, 6.07) is 4.98. The largest absolute Gasteiger partial charge is 0.402 e. The Kier molecular flexibility index (Phi) is 5.32. The Bertz CT molecular complexity index is 736. The fraction of sp³-hybridized carbons (Fsp3) is 0.444. The maximum absolute atomic E-state index is 13.0. The van der Waals surface area contributed by atoms with Crippen LogP contribution in [0.1, 0.15) is 22.3 Å². The molecule has 1 saturated heterocycles. The van der Waals surface area contributed by atoms with E-state index in [1.165, 1.54) is 11.0 Å². The summed E-state index contributed by atoms with van der Waals surface area (Å²) >= 11 is 0.843. The van der Waals surface area contributed by atoms with Crippen LogP contribution in [0.25, 0.3) is 0 Å². The number of halogens is 3. The van der Waals surface area contributed by atoms with E-state index < -0.39 is 17.3 Å². The van der Waals surface area contributed by atoms with Crippen molar-refractivity contribution in [2.45, 2.75) is 24.3 Å². The topological polar surface area (TPSA) is 40.6 Å². The molecule has 1 atom stereocenters. The van der Waals surface area contributed by atoms with E-state index >= 15 is 0 Å². The quantitative estimate of drug-likeness (QED) is 0.735. The lowest BCUT2D eigenvalue weighted by Crippen LogP contribution is -2.47. The first-order valence-corrected chi connectivity index (χ1v) is 9.40. The van der Waals surface area contributed by atoms with Crippen LogP contribution in [0, 0.1) is 0 Å². The Morgan fingerprint density at radius 1 is 1.27 bits per heavy atom. The average molecular weight is 384 g/mol. The molecule has 2 aliphatic heterocycles. The minimum atomic E-state index is -4.31. The predicted octanol–water partition coefficient (Wildman–Crippen LogP) is 3.27. The molecular weight excluding hydrogens is 365 g/mol. The highest BCUT2D eigenvalue weighted by Gasteiger charge is 2.43. The van der Waals surface area contributed by atoms with Crippen LogP contribution in [0.5, 0.6) is 0 Å². The molecule has 2 amide bonds. The summed E-state index contributed by atoms with van der Waals surface area (Å²) in [4.78, 5) is 27.5. The van der Waals surface area contributed by atoms with Crippen molar-refractivity contribution in [3.05, 3.63) is 42.0 Å². The van der Waals surface area contributed by atoms with E-state index in [1.54, 1.807) is 23.1 Å². The number of rotatable bonds is 2. The molecule has 140 valence electrons. The van der Waals surface area contributed by atoms with Crippen LogP contribution >= 0.6 is 11.8 Å². The van der Waals surface area contributed by atoms with Crippen LogP contribution < -0.4 is 4.90 Å². The van der Waals surface area contributed by atoms with Crippen LogP contribution in [-0.2, 0) is 11.2 Å². The summed E-state index contributed by atoms with van der Waals surface area (Å²) in [6.07, 6.45) is -1.58. The Hall–Kier alpha value is -1.96. The number of thioether (sulfide) groups is 1. The number of benzene rings is 1. The van der Waals surface area contributed by atoms with Crippen LogP contribution in [0.3, 0.4) is 0 Å². The van der Waals surface area contributed by atoms with Crippen LogP contribution in [-0.4, -0.2) is 53.5 Å². The Labute approximate surface area is 154 Å². The number of nitrogens with zero attached hydrogens (tertiary/aromatic N) is 2. The highest BCUT2D eigenvalue weighted by molar-refractivity contribution is 8.00. The molecule has 0 N–H and O–H groups in total. The zero-order chi connectivity index (χ0) is 18.9. The number of carbonyl (C=O) groups is 2. The number of aryl methyl sites for hydroxylation is 1. The van der Waals surface area contributed by atoms with Gasteiger partial charge in [-0.2, -0.15) is 13.2 Å². The molecule has 1 aromatic rings. The first-order valence-electron chi connectivity index (χ1n) is 8.35. The van der Waals surface area contributed by atoms with E-state index in [9.17, 15) is 22.8 Å². The standard InChI is InChI=1S/C18H19F3N2O2S/c1-2-16(24)23-7-3-4-12-10-13(5-6-14(12)23)17(25)22-8-9-26-15(11-22)18(19,20)21/h2,5-6,10,15H,1,3-4,7-9,11H2.